The fraction of sp³-hybridized carbons (Fsp3) is 0.130. The number of amides is 1. The van der Waals surface area contributed by atoms with Crippen molar-refractivity contribution in [2.24, 2.45) is 0 Å². The highest BCUT2D eigenvalue weighted by Crippen LogP contribution is 2.44. The van der Waals surface area contributed by atoms with Crippen molar-refractivity contribution in [3.63, 3.8) is 0 Å². The van der Waals surface area contributed by atoms with E-state index in [1.54, 1.807) is 18.3 Å². The second-order valence-corrected chi connectivity index (χ2v) is 6.85. The predicted octanol–water partition coefficient (Wildman–Crippen LogP) is 3.80. The first-order valence-corrected chi connectivity index (χ1v) is 9.40. The van der Waals surface area contributed by atoms with Gasteiger partial charge in [0, 0.05) is 18.7 Å². The van der Waals surface area contributed by atoms with Crippen LogP contribution in [0.4, 0.5) is 16.3 Å². The zero-order chi connectivity index (χ0) is 20.2. The molecule has 0 atom stereocenters. The smallest absolute Gasteiger partial charge is 0.407 e. The molecule has 146 valence electrons. The maximum atomic E-state index is 12.1. The molecule has 4 rings (SSSR count). The number of pyridine rings is 1. The topological polar surface area (TPSA) is 103 Å². The molecule has 0 bridgehead atoms. The molecule has 3 aromatic rings. The SMILES string of the molecule is Nc1cc(C=CCNC(=O)OCC2c3ccccc3-c3ccccc32)cnc1N. The van der Waals surface area contributed by atoms with Gasteiger partial charge in [0.15, 0.2) is 0 Å². The second-order valence-electron chi connectivity index (χ2n) is 6.85. The van der Waals surface area contributed by atoms with Crippen LogP contribution in [0, 0.1) is 0 Å². The third kappa shape index (κ3) is 3.91. The van der Waals surface area contributed by atoms with E-state index in [-0.39, 0.29) is 5.92 Å². The van der Waals surface area contributed by atoms with E-state index < -0.39 is 6.09 Å². The predicted molar refractivity (Wildman–Crippen MR) is 115 cm³/mol. The average Bonchev–Trinajstić information content (AvgIpc) is 3.06. The van der Waals surface area contributed by atoms with Gasteiger partial charge in [0.25, 0.3) is 0 Å². The van der Waals surface area contributed by atoms with Crippen molar-refractivity contribution in [3.8, 4) is 11.1 Å². The number of nitrogens with zero attached hydrogens (tertiary/aromatic N) is 1. The van der Waals surface area contributed by atoms with Gasteiger partial charge in [0.1, 0.15) is 12.4 Å². The van der Waals surface area contributed by atoms with Crippen LogP contribution < -0.4 is 16.8 Å². The number of carbonyl (C=O) groups excluding carboxylic acids is 1. The number of anilines is 2. The number of hydrogen-bond acceptors (Lipinski definition) is 5. The zero-order valence-electron chi connectivity index (χ0n) is 15.8. The van der Waals surface area contributed by atoms with E-state index in [9.17, 15) is 4.79 Å². The quantitative estimate of drug-likeness (QED) is 0.619. The molecule has 1 heterocycles. The summed E-state index contributed by atoms with van der Waals surface area (Å²) in [6, 6.07) is 18.2. The Kier molecular flexibility index (Phi) is 5.16. The van der Waals surface area contributed by atoms with Gasteiger partial charge in [-0.2, -0.15) is 0 Å². The summed E-state index contributed by atoms with van der Waals surface area (Å²) < 4.78 is 5.49. The Labute approximate surface area is 169 Å². The summed E-state index contributed by atoms with van der Waals surface area (Å²) in [5, 5.41) is 2.73. The minimum absolute atomic E-state index is 0.0486. The van der Waals surface area contributed by atoms with Crippen LogP contribution in [0.1, 0.15) is 22.6 Å². The van der Waals surface area contributed by atoms with E-state index in [1.165, 1.54) is 22.3 Å². The van der Waals surface area contributed by atoms with E-state index in [4.69, 9.17) is 16.2 Å². The zero-order valence-corrected chi connectivity index (χ0v) is 15.8. The van der Waals surface area contributed by atoms with E-state index in [0.717, 1.165) is 5.56 Å². The van der Waals surface area contributed by atoms with E-state index in [1.807, 2.05) is 30.3 Å². The van der Waals surface area contributed by atoms with Crippen LogP contribution in [0.5, 0.6) is 0 Å². The molecule has 0 saturated carbocycles. The number of benzene rings is 2. The second kappa shape index (κ2) is 8.06. The maximum Gasteiger partial charge on any atom is 0.407 e. The summed E-state index contributed by atoms with van der Waals surface area (Å²) in [6.07, 6.45) is 4.78. The Hall–Kier alpha value is -3.80. The lowest BCUT2D eigenvalue weighted by Crippen LogP contribution is -2.26. The van der Waals surface area contributed by atoms with Crippen molar-refractivity contribution in [2.75, 3.05) is 24.6 Å². The first kappa shape index (κ1) is 18.6. The number of fused-ring (bicyclic) bond motifs is 3. The van der Waals surface area contributed by atoms with Crippen molar-refractivity contribution < 1.29 is 9.53 Å². The monoisotopic (exact) mass is 386 g/mol. The number of nitrogens with one attached hydrogen (secondary N) is 1. The summed E-state index contributed by atoms with van der Waals surface area (Å²) in [4.78, 5) is 16.1. The van der Waals surface area contributed by atoms with Crippen molar-refractivity contribution in [1.82, 2.24) is 10.3 Å². The number of nitrogens with two attached hydrogens (primary N) is 2. The molecular weight excluding hydrogens is 364 g/mol. The summed E-state index contributed by atoms with van der Waals surface area (Å²) in [5.41, 5.74) is 17.4. The van der Waals surface area contributed by atoms with Gasteiger partial charge in [-0.3, -0.25) is 0 Å². The van der Waals surface area contributed by atoms with Crippen molar-refractivity contribution in [1.29, 1.82) is 0 Å². The highest BCUT2D eigenvalue weighted by molar-refractivity contribution is 5.79. The van der Waals surface area contributed by atoms with E-state index in [0.29, 0.717) is 24.7 Å². The minimum atomic E-state index is -0.452. The van der Waals surface area contributed by atoms with Crippen LogP contribution in [0.3, 0.4) is 0 Å². The van der Waals surface area contributed by atoms with Crippen molar-refractivity contribution in [3.05, 3.63) is 83.6 Å². The minimum Gasteiger partial charge on any atom is -0.449 e. The Morgan fingerprint density at radius 1 is 1.07 bits per heavy atom. The molecule has 0 spiro atoms. The van der Waals surface area contributed by atoms with Crippen LogP contribution in [0.25, 0.3) is 17.2 Å². The van der Waals surface area contributed by atoms with Gasteiger partial charge in [-0.1, -0.05) is 60.7 Å². The van der Waals surface area contributed by atoms with E-state index in [2.05, 4.69) is 34.6 Å². The third-order valence-corrected chi connectivity index (χ3v) is 4.99. The number of carbonyl (C=O) groups is 1. The van der Waals surface area contributed by atoms with Crippen molar-refractivity contribution >= 4 is 23.7 Å². The molecule has 5 N–H and O–H groups in total. The lowest BCUT2D eigenvalue weighted by atomic mass is 9.98. The van der Waals surface area contributed by atoms with Gasteiger partial charge in [-0.25, -0.2) is 9.78 Å². The molecule has 29 heavy (non-hydrogen) atoms. The Balaban J connectivity index is 1.33. The summed E-state index contributed by atoms with van der Waals surface area (Å²) in [7, 11) is 0. The number of ether oxygens (including phenoxy) is 1. The fourth-order valence-corrected chi connectivity index (χ4v) is 3.59. The number of nitrogen functional groups attached to an aromatic ring is 2. The Morgan fingerprint density at radius 3 is 2.38 bits per heavy atom. The molecule has 0 aliphatic heterocycles. The number of rotatable bonds is 5. The van der Waals surface area contributed by atoms with Gasteiger partial charge in [-0.15, -0.1) is 0 Å². The first-order valence-electron chi connectivity index (χ1n) is 9.40. The first-order chi connectivity index (χ1) is 14.1. The largest absolute Gasteiger partial charge is 0.449 e. The van der Waals surface area contributed by atoms with Gasteiger partial charge in [0.05, 0.1) is 5.69 Å². The fourth-order valence-electron chi connectivity index (χ4n) is 3.59. The molecule has 0 unspecified atom stereocenters. The molecule has 0 fully saturated rings. The molecule has 2 aromatic carbocycles. The Morgan fingerprint density at radius 2 is 1.72 bits per heavy atom. The van der Waals surface area contributed by atoms with Crippen LogP contribution >= 0.6 is 0 Å². The third-order valence-electron chi connectivity index (χ3n) is 4.99. The number of hydrogen-bond donors (Lipinski definition) is 3. The number of aromatic nitrogens is 1. The molecule has 6 heteroatoms. The number of alkyl carbamates (subject to hydrolysis) is 1. The van der Waals surface area contributed by atoms with Gasteiger partial charge < -0.3 is 21.5 Å². The van der Waals surface area contributed by atoms with Crippen LogP contribution in [0.2, 0.25) is 0 Å². The molecule has 1 amide bonds. The van der Waals surface area contributed by atoms with Gasteiger partial charge >= 0.3 is 6.09 Å². The molecular formula is C23H22N4O2. The molecule has 1 aliphatic carbocycles. The lowest BCUT2D eigenvalue weighted by molar-refractivity contribution is 0.144. The highest BCUT2D eigenvalue weighted by Gasteiger charge is 2.28. The van der Waals surface area contributed by atoms with Gasteiger partial charge in [0.2, 0.25) is 0 Å². The molecule has 0 saturated heterocycles. The highest BCUT2D eigenvalue weighted by atomic mass is 16.5. The summed E-state index contributed by atoms with van der Waals surface area (Å²) >= 11 is 0. The van der Waals surface area contributed by atoms with Crippen LogP contribution in [0.15, 0.2) is 66.9 Å². The Bertz CT molecular complexity index is 1030. The maximum absolute atomic E-state index is 12.1. The average molecular weight is 386 g/mol. The summed E-state index contributed by atoms with van der Waals surface area (Å²) in [6.45, 7) is 0.628. The molecule has 6 nitrogen and oxygen atoms in total. The van der Waals surface area contributed by atoms with Crippen LogP contribution in [-0.4, -0.2) is 24.2 Å². The van der Waals surface area contributed by atoms with Crippen molar-refractivity contribution in [2.45, 2.75) is 5.92 Å². The summed E-state index contributed by atoms with van der Waals surface area (Å²) in [5.74, 6) is 0.353. The molecule has 1 aliphatic rings. The van der Waals surface area contributed by atoms with Crippen LogP contribution in [-0.2, 0) is 4.74 Å². The van der Waals surface area contributed by atoms with Gasteiger partial charge in [-0.05, 0) is 33.9 Å². The standard InChI is InChI=1S/C23H22N4O2/c24-21-12-15(13-27-22(21)25)6-5-11-26-23(28)29-14-20-18-9-3-1-7-16(18)17-8-2-4-10-19(17)20/h1-10,12-13,20H,11,14,24H2,(H2,25,27)(H,26,28). The lowest BCUT2D eigenvalue weighted by Gasteiger charge is -2.14. The molecule has 0 radical (unpaired) electrons. The van der Waals surface area contributed by atoms with E-state index >= 15 is 0 Å². The molecule has 1 aromatic heterocycles. The normalized spacial score (nSPS) is 12.6.